The molecule has 8 heteroatoms. The fraction of sp³-hybridized carbons (Fsp3) is 0.429. The Bertz CT molecular complexity index is 1300. The lowest BCUT2D eigenvalue weighted by Crippen LogP contribution is -2.54. The zero-order valence-electron chi connectivity index (χ0n) is 21.5. The normalized spacial score (nSPS) is 19.1. The van der Waals surface area contributed by atoms with E-state index in [0.717, 1.165) is 20.9 Å². The number of aromatic amines is 1. The molecular formula is C28H33BrFN3O3. The van der Waals surface area contributed by atoms with Crippen LogP contribution in [0.25, 0.3) is 10.9 Å². The number of nitrogens with one attached hydrogen (secondary N) is 2. The second kappa shape index (κ2) is 9.88. The van der Waals surface area contributed by atoms with Crippen molar-refractivity contribution in [2.45, 2.75) is 71.7 Å². The topological polar surface area (TPSA) is 74.4 Å². The lowest BCUT2D eigenvalue weighted by atomic mass is 9.96. The summed E-state index contributed by atoms with van der Waals surface area (Å²) in [4.78, 5) is 32.7. The van der Waals surface area contributed by atoms with Crippen LogP contribution in [-0.4, -0.2) is 39.4 Å². The maximum atomic E-state index is 14.0. The van der Waals surface area contributed by atoms with Crippen LogP contribution in [0.3, 0.4) is 0 Å². The summed E-state index contributed by atoms with van der Waals surface area (Å²) < 4.78 is 21.1. The molecule has 1 aromatic heterocycles. The van der Waals surface area contributed by atoms with Crippen molar-refractivity contribution in [3.63, 3.8) is 0 Å². The van der Waals surface area contributed by atoms with Crippen LogP contribution in [0.15, 0.2) is 47.1 Å². The van der Waals surface area contributed by atoms with Gasteiger partial charge in [-0.15, -0.1) is 0 Å². The number of halogens is 2. The molecule has 3 aromatic rings. The smallest absolute Gasteiger partial charge is 0.265 e. The van der Waals surface area contributed by atoms with Crippen molar-refractivity contribution in [2.75, 3.05) is 0 Å². The van der Waals surface area contributed by atoms with Gasteiger partial charge < -0.3 is 19.9 Å². The second-order valence-corrected chi connectivity index (χ2v) is 11.8. The summed E-state index contributed by atoms with van der Waals surface area (Å²) in [5.74, 6) is -0.445. The maximum absolute atomic E-state index is 14.0. The average Bonchev–Trinajstić information content (AvgIpc) is 3.09. The van der Waals surface area contributed by atoms with Gasteiger partial charge in [0.05, 0.1) is 0 Å². The van der Waals surface area contributed by atoms with Crippen LogP contribution in [0.2, 0.25) is 0 Å². The van der Waals surface area contributed by atoms with Crippen LogP contribution in [0.4, 0.5) is 4.39 Å². The van der Waals surface area contributed by atoms with E-state index in [1.54, 1.807) is 17.0 Å². The minimum Gasteiger partial charge on any atom is -0.480 e. The van der Waals surface area contributed by atoms with Crippen molar-refractivity contribution >= 4 is 38.6 Å². The van der Waals surface area contributed by atoms with E-state index < -0.39 is 17.7 Å². The van der Waals surface area contributed by atoms with Gasteiger partial charge in [0.25, 0.3) is 5.91 Å². The van der Waals surface area contributed by atoms with Crippen LogP contribution in [0.5, 0.6) is 5.75 Å². The van der Waals surface area contributed by atoms with Gasteiger partial charge in [-0.3, -0.25) is 9.59 Å². The van der Waals surface area contributed by atoms with Gasteiger partial charge >= 0.3 is 0 Å². The number of benzene rings is 2. The SMILES string of the molecule is CC(C)C1Oc2ccc(Br)cc2C(C(=O)NC(C)(C)C)N(C(C)Cc2c[nH]c3ccc(F)cc23)C1=O. The Morgan fingerprint density at radius 2 is 1.92 bits per heavy atom. The molecule has 0 aliphatic carbocycles. The molecule has 0 bridgehead atoms. The first-order valence-corrected chi connectivity index (χ1v) is 13.0. The third-order valence-corrected chi connectivity index (χ3v) is 6.86. The number of ether oxygens (including phenoxy) is 1. The molecule has 1 aliphatic rings. The van der Waals surface area contributed by atoms with Gasteiger partial charge in [-0.25, -0.2) is 4.39 Å². The van der Waals surface area contributed by atoms with E-state index in [1.807, 2.05) is 59.9 Å². The van der Waals surface area contributed by atoms with E-state index in [1.165, 1.54) is 12.1 Å². The Morgan fingerprint density at radius 3 is 2.58 bits per heavy atom. The number of carbonyl (C=O) groups is 2. The summed E-state index contributed by atoms with van der Waals surface area (Å²) in [6, 6.07) is 8.82. The van der Waals surface area contributed by atoms with Crippen molar-refractivity contribution in [3.8, 4) is 5.75 Å². The average molecular weight is 558 g/mol. The summed E-state index contributed by atoms with van der Waals surface area (Å²) in [7, 11) is 0. The van der Waals surface area contributed by atoms with Crippen LogP contribution in [0, 0.1) is 11.7 Å². The van der Waals surface area contributed by atoms with Crippen LogP contribution < -0.4 is 10.1 Å². The number of hydrogen-bond donors (Lipinski definition) is 2. The fourth-order valence-corrected chi connectivity index (χ4v) is 5.16. The quantitative estimate of drug-likeness (QED) is 0.410. The van der Waals surface area contributed by atoms with Crippen molar-refractivity contribution in [1.82, 2.24) is 15.2 Å². The molecular weight excluding hydrogens is 525 g/mol. The monoisotopic (exact) mass is 557 g/mol. The Hall–Kier alpha value is -2.87. The molecule has 0 saturated heterocycles. The maximum Gasteiger partial charge on any atom is 0.265 e. The van der Waals surface area contributed by atoms with Crippen molar-refractivity contribution in [3.05, 3.63) is 64.0 Å². The molecule has 0 radical (unpaired) electrons. The molecule has 4 rings (SSSR count). The first kappa shape index (κ1) is 26.2. The Morgan fingerprint density at radius 1 is 1.19 bits per heavy atom. The van der Waals surface area contributed by atoms with Gasteiger partial charge in [0.1, 0.15) is 17.6 Å². The van der Waals surface area contributed by atoms with Crippen LogP contribution in [0.1, 0.15) is 58.7 Å². The summed E-state index contributed by atoms with van der Waals surface area (Å²) in [5, 5.41) is 3.83. The van der Waals surface area contributed by atoms with Crippen molar-refractivity contribution in [1.29, 1.82) is 0 Å². The van der Waals surface area contributed by atoms with E-state index in [0.29, 0.717) is 17.7 Å². The first-order valence-electron chi connectivity index (χ1n) is 12.2. The molecule has 3 atom stereocenters. The summed E-state index contributed by atoms with van der Waals surface area (Å²) >= 11 is 3.52. The number of nitrogens with zero attached hydrogens (tertiary/aromatic N) is 1. The van der Waals surface area contributed by atoms with E-state index in [9.17, 15) is 14.0 Å². The van der Waals surface area contributed by atoms with E-state index in [-0.39, 0.29) is 29.6 Å². The highest BCUT2D eigenvalue weighted by molar-refractivity contribution is 9.10. The second-order valence-electron chi connectivity index (χ2n) is 10.9. The Balaban J connectivity index is 1.83. The summed E-state index contributed by atoms with van der Waals surface area (Å²) in [6.07, 6.45) is 1.52. The Kier molecular flexibility index (Phi) is 7.19. The number of rotatable bonds is 5. The van der Waals surface area contributed by atoms with Crippen LogP contribution in [-0.2, 0) is 16.0 Å². The summed E-state index contributed by atoms with van der Waals surface area (Å²) in [6.45, 7) is 11.5. The minimum absolute atomic E-state index is 0.115. The van der Waals surface area contributed by atoms with Crippen LogP contribution >= 0.6 is 15.9 Å². The van der Waals surface area contributed by atoms with Gasteiger partial charge in [-0.2, -0.15) is 0 Å². The predicted octanol–water partition coefficient (Wildman–Crippen LogP) is 5.90. The molecule has 2 N–H and O–H groups in total. The van der Waals surface area contributed by atoms with Crippen molar-refractivity contribution < 1.29 is 18.7 Å². The molecule has 0 fully saturated rings. The lowest BCUT2D eigenvalue weighted by molar-refractivity contribution is -0.149. The lowest BCUT2D eigenvalue weighted by Gasteiger charge is -2.37. The van der Waals surface area contributed by atoms with E-state index >= 15 is 0 Å². The van der Waals surface area contributed by atoms with Gasteiger partial charge in [-0.05, 0) is 82.0 Å². The van der Waals surface area contributed by atoms with E-state index in [4.69, 9.17) is 4.74 Å². The highest BCUT2D eigenvalue weighted by atomic mass is 79.9. The molecule has 2 heterocycles. The molecule has 2 amide bonds. The molecule has 0 saturated carbocycles. The molecule has 2 aromatic carbocycles. The minimum atomic E-state index is -0.898. The zero-order chi connectivity index (χ0) is 26.4. The van der Waals surface area contributed by atoms with Crippen molar-refractivity contribution in [2.24, 2.45) is 5.92 Å². The number of hydrogen-bond acceptors (Lipinski definition) is 3. The number of amides is 2. The highest BCUT2D eigenvalue weighted by Gasteiger charge is 2.44. The molecule has 3 unspecified atom stereocenters. The first-order chi connectivity index (χ1) is 16.9. The number of aromatic nitrogens is 1. The summed E-state index contributed by atoms with van der Waals surface area (Å²) in [5.41, 5.74) is 1.82. The molecule has 192 valence electrons. The predicted molar refractivity (Wildman–Crippen MR) is 142 cm³/mol. The molecule has 36 heavy (non-hydrogen) atoms. The van der Waals surface area contributed by atoms with E-state index in [2.05, 4.69) is 26.2 Å². The highest BCUT2D eigenvalue weighted by Crippen LogP contribution is 2.39. The van der Waals surface area contributed by atoms with Gasteiger partial charge in [-0.1, -0.05) is 29.8 Å². The molecule has 1 aliphatic heterocycles. The zero-order valence-corrected chi connectivity index (χ0v) is 23.1. The largest absolute Gasteiger partial charge is 0.480 e. The van der Waals surface area contributed by atoms with Gasteiger partial charge in [0.15, 0.2) is 6.10 Å². The standard InChI is InChI=1S/C28H33BrFN3O3/c1-15(2)25-27(35)33(16(3)11-17-14-31-22-9-8-19(30)13-20(17)22)24(26(34)32-28(4,5)6)21-12-18(29)7-10-23(21)36-25/h7-10,12-16,24-25,31H,11H2,1-6H3,(H,32,34). The Labute approximate surface area is 219 Å². The number of fused-ring (bicyclic) bond motifs is 2. The number of carbonyl (C=O) groups excluding carboxylic acids is 2. The number of H-pyrrole nitrogens is 1. The van der Waals surface area contributed by atoms with Gasteiger partial charge in [0, 0.05) is 38.7 Å². The molecule has 0 spiro atoms. The molecule has 6 nitrogen and oxygen atoms in total. The van der Waals surface area contributed by atoms with Gasteiger partial charge in [0.2, 0.25) is 5.91 Å². The third-order valence-electron chi connectivity index (χ3n) is 6.37. The fourth-order valence-electron chi connectivity index (χ4n) is 4.79. The third kappa shape index (κ3) is 5.28.